The van der Waals surface area contributed by atoms with Crippen molar-refractivity contribution in [1.29, 1.82) is 0 Å². The lowest BCUT2D eigenvalue weighted by Gasteiger charge is -2.08. The number of aryl methyl sites for hydroxylation is 1. The van der Waals surface area contributed by atoms with Crippen LogP contribution in [0.4, 0.5) is 0 Å². The molecule has 0 unspecified atom stereocenters. The Hall–Kier alpha value is -0.140. The van der Waals surface area contributed by atoms with Crippen molar-refractivity contribution in [2.45, 2.75) is 18.7 Å². The highest BCUT2D eigenvalue weighted by atomic mass is 79.9. The monoisotopic (exact) mass is 356 g/mol. The van der Waals surface area contributed by atoms with Gasteiger partial charge in [0.1, 0.15) is 0 Å². The maximum absolute atomic E-state index is 11.9. The first kappa shape index (κ1) is 17.9. The lowest BCUT2D eigenvalue weighted by atomic mass is 10.2. The highest BCUT2D eigenvalue weighted by molar-refractivity contribution is 9.10. The number of nitrogens with one attached hydrogen (secondary N) is 2. The van der Waals surface area contributed by atoms with E-state index >= 15 is 0 Å². The summed E-state index contributed by atoms with van der Waals surface area (Å²) < 4.78 is 27.1. The van der Waals surface area contributed by atoms with E-state index in [1.54, 1.807) is 18.2 Å². The van der Waals surface area contributed by atoms with Crippen molar-refractivity contribution in [2.24, 2.45) is 0 Å². The van der Waals surface area contributed by atoms with Crippen molar-refractivity contribution in [3.8, 4) is 0 Å². The van der Waals surface area contributed by atoms with Gasteiger partial charge in [0.15, 0.2) is 0 Å². The normalized spacial score (nSPS) is 11.1. The molecule has 0 aliphatic carbocycles. The molecular weight excluding hydrogens is 340 g/mol. The van der Waals surface area contributed by atoms with Crippen molar-refractivity contribution in [2.75, 3.05) is 19.6 Å². The maximum atomic E-state index is 11.9. The average Bonchev–Trinajstić information content (AvgIpc) is 2.28. The summed E-state index contributed by atoms with van der Waals surface area (Å²) in [6.45, 7) is 5.74. The molecule has 0 saturated heterocycles. The molecular formula is C11H18BrClN2O2S. The minimum Gasteiger partial charge on any atom is -0.316 e. The van der Waals surface area contributed by atoms with Gasteiger partial charge in [-0.1, -0.05) is 28.9 Å². The smallest absolute Gasteiger partial charge is 0.240 e. The number of sulfonamides is 1. The van der Waals surface area contributed by atoms with E-state index in [9.17, 15) is 8.42 Å². The Morgan fingerprint density at radius 2 is 1.94 bits per heavy atom. The first-order valence-electron chi connectivity index (χ1n) is 5.44. The highest BCUT2D eigenvalue weighted by Crippen LogP contribution is 2.20. The van der Waals surface area contributed by atoms with Crippen LogP contribution in [0.3, 0.4) is 0 Å². The van der Waals surface area contributed by atoms with Crippen LogP contribution in [0.25, 0.3) is 0 Å². The molecule has 0 fully saturated rings. The second kappa shape index (κ2) is 8.12. The molecule has 0 amide bonds. The zero-order valence-corrected chi connectivity index (χ0v) is 13.6. The Morgan fingerprint density at radius 1 is 1.28 bits per heavy atom. The Bertz CT molecular complexity index is 480. The van der Waals surface area contributed by atoms with E-state index in [4.69, 9.17) is 0 Å². The number of halogens is 2. The van der Waals surface area contributed by atoms with E-state index in [1.165, 1.54) is 0 Å². The van der Waals surface area contributed by atoms with E-state index in [0.717, 1.165) is 16.6 Å². The van der Waals surface area contributed by atoms with Crippen molar-refractivity contribution in [1.82, 2.24) is 10.0 Å². The molecule has 1 rings (SSSR count). The first-order valence-corrected chi connectivity index (χ1v) is 7.71. The van der Waals surface area contributed by atoms with Crippen LogP contribution < -0.4 is 10.0 Å². The van der Waals surface area contributed by atoms with Gasteiger partial charge in [-0.2, -0.15) is 0 Å². The van der Waals surface area contributed by atoms with Gasteiger partial charge in [-0.3, -0.25) is 0 Å². The molecule has 7 heteroatoms. The van der Waals surface area contributed by atoms with E-state index in [0.29, 0.717) is 13.1 Å². The molecule has 0 bridgehead atoms. The Kier molecular flexibility index (Phi) is 8.05. The summed E-state index contributed by atoms with van der Waals surface area (Å²) >= 11 is 3.33. The maximum Gasteiger partial charge on any atom is 0.240 e. The summed E-state index contributed by atoms with van der Waals surface area (Å²) in [7, 11) is -3.40. The Labute approximate surface area is 123 Å². The van der Waals surface area contributed by atoms with Crippen LogP contribution in [0.5, 0.6) is 0 Å². The number of hydrogen-bond acceptors (Lipinski definition) is 3. The second-order valence-electron chi connectivity index (χ2n) is 3.66. The molecule has 2 N–H and O–H groups in total. The summed E-state index contributed by atoms with van der Waals surface area (Å²) in [5.41, 5.74) is 1.01. The number of likely N-dealkylation sites (N-methyl/N-ethyl adjacent to an activating group) is 1. The minimum atomic E-state index is -3.40. The summed E-state index contributed by atoms with van der Waals surface area (Å²) in [4.78, 5) is 0.284. The third-order valence-electron chi connectivity index (χ3n) is 2.30. The SMILES string of the molecule is CCNCCNS(=O)(=O)c1ccc(C)c(Br)c1.Cl. The van der Waals surface area contributed by atoms with Gasteiger partial charge in [0, 0.05) is 17.6 Å². The predicted octanol–water partition coefficient (Wildman–Crippen LogP) is 2.07. The quantitative estimate of drug-likeness (QED) is 0.766. The third kappa shape index (κ3) is 5.24. The fourth-order valence-corrected chi connectivity index (χ4v) is 2.86. The first-order chi connectivity index (χ1) is 7.97. The fourth-order valence-electron chi connectivity index (χ4n) is 1.27. The number of hydrogen-bond donors (Lipinski definition) is 2. The van der Waals surface area contributed by atoms with Gasteiger partial charge in [0.2, 0.25) is 10.0 Å². The molecule has 0 atom stereocenters. The largest absolute Gasteiger partial charge is 0.316 e. The Balaban J connectivity index is 0.00000289. The van der Waals surface area contributed by atoms with Gasteiger partial charge in [-0.15, -0.1) is 12.4 Å². The molecule has 0 heterocycles. The van der Waals surface area contributed by atoms with Crippen LogP contribution in [0.1, 0.15) is 12.5 Å². The van der Waals surface area contributed by atoms with Crippen LogP contribution in [0, 0.1) is 6.92 Å². The molecule has 0 spiro atoms. The summed E-state index contributed by atoms with van der Waals surface area (Å²) in [6, 6.07) is 5.00. The molecule has 1 aromatic carbocycles. The molecule has 0 aliphatic heterocycles. The summed E-state index contributed by atoms with van der Waals surface area (Å²) in [5.74, 6) is 0. The minimum absolute atomic E-state index is 0. The van der Waals surface area contributed by atoms with E-state index in [2.05, 4.69) is 26.0 Å². The predicted molar refractivity (Wildman–Crippen MR) is 79.9 cm³/mol. The van der Waals surface area contributed by atoms with Gasteiger partial charge in [0.05, 0.1) is 4.90 Å². The van der Waals surface area contributed by atoms with Gasteiger partial charge in [-0.05, 0) is 31.2 Å². The van der Waals surface area contributed by atoms with Gasteiger partial charge in [-0.25, -0.2) is 13.1 Å². The van der Waals surface area contributed by atoms with Crippen LogP contribution in [-0.4, -0.2) is 28.1 Å². The molecule has 0 aliphatic rings. The fraction of sp³-hybridized carbons (Fsp3) is 0.455. The van der Waals surface area contributed by atoms with Crippen LogP contribution in [0.2, 0.25) is 0 Å². The topological polar surface area (TPSA) is 58.2 Å². The molecule has 0 aromatic heterocycles. The zero-order chi connectivity index (χ0) is 12.9. The second-order valence-corrected chi connectivity index (χ2v) is 6.28. The molecule has 104 valence electrons. The van der Waals surface area contributed by atoms with Crippen LogP contribution in [-0.2, 0) is 10.0 Å². The van der Waals surface area contributed by atoms with Crippen LogP contribution in [0.15, 0.2) is 27.6 Å². The standard InChI is InChI=1S/C11H17BrN2O2S.ClH/c1-3-13-6-7-14-17(15,16)10-5-4-9(2)11(12)8-10;/h4-5,8,13-14H,3,6-7H2,1-2H3;1H. The summed E-state index contributed by atoms with van der Waals surface area (Å²) in [6.07, 6.45) is 0. The third-order valence-corrected chi connectivity index (χ3v) is 4.61. The van der Waals surface area contributed by atoms with Gasteiger partial charge in [0.25, 0.3) is 0 Å². The molecule has 4 nitrogen and oxygen atoms in total. The van der Waals surface area contributed by atoms with Crippen LogP contribution >= 0.6 is 28.3 Å². The zero-order valence-electron chi connectivity index (χ0n) is 10.4. The van der Waals surface area contributed by atoms with Crippen molar-refractivity contribution in [3.63, 3.8) is 0 Å². The Morgan fingerprint density at radius 3 is 2.50 bits per heavy atom. The average molecular weight is 358 g/mol. The van der Waals surface area contributed by atoms with Gasteiger partial charge >= 0.3 is 0 Å². The van der Waals surface area contributed by atoms with Crippen molar-refractivity contribution in [3.05, 3.63) is 28.2 Å². The van der Waals surface area contributed by atoms with Crippen molar-refractivity contribution < 1.29 is 8.42 Å². The molecule has 1 aromatic rings. The number of benzene rings is 1. The van der Waals surface area contributed by atoms with Gasteiger partial charge < -0.3 is 5.32 Å². The van der Waals surface area contributed by atoms with Crippen molar-refractivity contribution >= 4 is 38.4 Å². The number of rotatable bonds is 6. The lowest BCUT2D eigenvalue weighted by Crippen LogP contribution is -2.31. The summed E-state index contributed by atoms with van der Waals surface area (Å²) in [5, 5.41) is 3.06. The molecule has 0 radical (unpaired) electrons. The highest BCUT2D eigenvalue weighted by Gasteiger charge is 2.13. The van der Waals surface area contributed by atoms with E-state index in [-0.39, 0.29) is 17.3 Å². The lowest BCUT2D eigenvalue weighted by molar-refractivity contribution is 0.577. The molecule has 18 heavy (non-hydrogen) atoms. The van der Waals surface area contributed by atoms with E-state index in [1.807, 2.05) is 13.8 Å². The molecule has 0 saturated carbocycles. The van der Waals surface area contributed by atoms with E-state index < -0.39 is 10.0 Å².